The first-order chi connectivity index (χ1) is 11.2. The van der Waals surface area contributed by atoms with Crippen LogP contribution in [0.5, 0.6) is 0 Å². The van der Waals surface area contributed by atoms with Gasteiger partial charge in [-0.2, -0.15) is 0 Å². The Morgan fingerprint density at radius 1 is 1.09 bits per heavy atom. The van der Waals surface area contributed by atoms with Gasteiger partial charge in [0.15, 0.2) is 0 Å². The summed E-state index contributed by atoms with van der Waals surface area (Å²) < 4.78 is 4.67. The van der Waals surface area contributed by atoms with Crippen molar-refractivity contribution in [3.63, 3.8) is 0 Å². The number of carbonyl (C=O) groups is 2. The molecule has 0 unspecified atom stereocenters. The topological polar surface area (TPSA) is 46.6 Å². The quantitative estimate of drug-likeness (QED) is 0.699. The zero-order valence-electron chi connectivity index (χ0n) is 13.2. The van der Waals surface area contributed by atoms with E-state index in [1.807, 2.05) is 47.8 Å². The van der Waals surface area contributed by atoms with Gasteiger partial charge in [0.2, 0.25) is 5.91 Å². The summed E-state index contributed by atoms with van der Waals surface area (Å²) in [5, 5.41) is 1.96. The summed E-state index contributed by atoms with van der Waals surface area (Å²) in [6, 6.07) is 13.9. The normalized spacial score (nSPS) is 10.3. The smallest absolute Gasteiger partial charge is 0.307 e. The Bertz CT molecular complexity index is 610. The Balaban J connectivity index is 1.95. The van der Waals surface area contributed by atoms with E-state index in [0.717, 1.165) is 11.3 Å². The number of carbonyl (C=O) groups excluding carboxylic acids is 2. The van der Waals surface area contributed by atoms with Crippen LogP contribution in [0.15, 0.2) is 47.8 Å². The molecule has 2 aromatic rings. The zero-order valence-corrected chi connectivity index (χ0v) is 14.1. The summed E-state index contributed by atoms with van der Waals surface area (Å²) in [5.41, 5.74) is 1.18. The van der Waals surface area contributed by atoms with Crippen LogP contribution in [-0.2, 0) is 27.2 Å². The van der Waals surface area contributed by atoms with E-state index >= 15 is 0 Å². The molecule has 0 N–H and O–H groups in total. The van der Waals surface area contributed by atoms with Gasteiger partial charge in [0.05, 0.1) is 20.0 Å². The Morgan fingerprint density at radius 2 is 1.87 bits per heavy atom. The van der Waals surface area contributed by atoms with E-state index < -0.39 is 0 Å². The summed E-state index contributed by atoms with van der Waals surface area (Å²) in [6.45, 7) is 0.995. The van der Waals surface area contributed by atoms with E-state index in [-0.39, 0.29) is 18.3 Å². The van der Waals surface area contributed by atoms with E-state index in [0.29, 0.717) is 19.5 Å². The Labute approximate surface area is 140 Å². The number of nitrogens with zero attached hydrogens (tertiary/aromatic N) is 1. The molecule has 0 saturated heterocycles. The lowest BCUT2D eigenvalue weighted by molar-refractivity contribution is -0.141. The number of esters is 1. The highest BCUT2D eigenvalue weighted by Crippen LogP contribution is 2.12. The van der Waals surface area contributed by atoms with Gasteiger partial charge in [-0.1, -0.05) is 36.4 Å². The van der Waals surface area contributed by atoms with E-state index in [1.165, 1.54) is 12.7 Å². The van der Waals surface area contributed by atoms with E-state index in [9.17, 15) is 9.59 Å². The first-order valence-electron chi connectivity index (χ1n) is 7.60. The number of benzene rings is 1. The van der Waals surface area contributed by atoms with Gasteiger partial charge < -0.3 is 9.64 Å². The number of thiophene rings is 1. The minimum Gasteiger partial charge on any atom is -0.469 e. The van der Waals surface area contributed by atoms with Crippen LogP contribution in [0.3, 0.4) is 0 Å². The molecule has 2 rings (SSSR count). The van der Waals surface area contributed by atoms with Crippen LogP contribution in [0.2, 0.25) is 0 Å². The lowest BCUT2D eigenvalue weighted by Gasteiger charge is -2.22. The molecule has 0 fully saturated rings. The first kappa shape index (κ1) is 17.2. The average Bonchev–Trinajstić information content (AvgIpc) is 3.08. The number of hydrogen-bond acceptors (Lipinski definition) is 4. The number of hydrogen-bond donors (Lipinski definition) is 0. The summed E-state index contributed by atoms with van der Waals surface area (Å²) in [5.74, 6) is -0.245. The van der Waals surface area contributed by atoms with Crippen molar-refractivity contribution in [1.29, 1.82) is 0 Å². The lowest BCUT2D eigenvalue weighted by Crippen LogP contribution is -2.35. The molecular formula is C18H21NO3S. The second-order valence-electron chi connectivity index (χ2n) is 5.20. The standard InChI is InChI=1S/C18H21NO3S/c1-22-18(21)10-12-19(11-9-15-6-3-2-4-7-15)17(20)14-16-8-5-13-23-16/h2-8,13H,9-12,14H2,1H3. The molecule has 4 nitrogen and oxygen atoms in total. The molecule has 0 spiro atoms. The van der Waals surface area contributed by atoms with Crippen LogP contribution in [0.4, 0.5) is 0 Å². The highest BCUT2D eigenvalue weighted by atomic mass is 32.1. The number of ether oxygens (including phenoxy) is 1. The lowest BCUT2D eigenvalue weighted by atomic mass is 10.1. The minimum absolute atomic E-state index is 0.0484. The van der Waals surface area contributed by atoms with Gasteiger partial charge in [-0.15, -0.1) is 11.3 Å². The summed E-state index contributed by atoms with van der Waals surface area (Å²) >= 11 is 1.57. The third-order valence-corrected chi connectivity index (χ3v) is 4.46. The highest BCUT2D eigenvalue weighted by molar-refractivity contribution is 7.10. The summed E-state index contributed by atoms with van der Waals surface area (Å²) in [7, 11) is 1.37. The van der Waals surface area contributed by atoms with E-state index in [1.54, 1.807) is 16.2 Å². The zero-order chi connectivity index (χ0) is 16.5. The molecule has 1 aromatic carbocycles. The maximum absolute atomic E-state index is 12.5. The molecule has 1 heterocycles. The van der Waals surface area contributed by atoms with Gasteiger partial charge in [0.25, 0.3) is 0 Å². The Morgan fingerprint density at radius 3 is 2.52 bits per heavy atom. The molecule has 5 heteroatoms. The van der Waals surface area contributed by atoms with Crippen molar-refractivity contribution in [2.75, 3.05) is 20.2 Å². The fraction of sp³-hybridized carbons (Fsp3) is 0.333. The SMILES string of the molecule is COC(=O)CCN(CCc1ccccc1)C(=O)Cc1cccs1. The third kappa shape index (κ3) is 5.87. The molecule has 1 aromatic heterocycles. The highest BCUT2D eigenvalue weighted by Gasteiger charge is 2.16. The summed E-state index contributed by atoms with van der Waals surface area (Å²) in [6.07, 6.45) is 1.38. The van der Waals surface area contributed by atoms with Gasteiger partial charge in [-0.3, -0.25) is 9.59 Å². The molecule has 0 aliphatic heterocycles. The van der Waals surface area contributed by atoms with Crippen LogP contribution in [0.25, 0.3) is 0 Å². The van der Waals surface area contributed by atoms with Gasteiger partial charge in [0.1, 0.15) is 0 Å². The van der Waals surface area contributed by atoms with Crippen LogP contribution in [0, 0.1) is 0 Å². The van der Waals surface area contributed by atoms with Gasteiger partial charge >= 0.3 is 5.97 Å². The minimum atomic E-state index is -0.293. The van der Waals surface area contributed by atoms with Crippen LogP contribution in [0.1, 0.15) is 16.9 Å². The molecular weight excluding hydrogens is 310 g/mol. The summed E-state index contributed by atoms with van der Waals surface area (Å²) in [4.78, 5) is 26.7. The average molecular weight is 331 g/mol. The molecule has 122 valence electrons. The van der Waals surface area contributed by atoms with Crippen molar-refractivity contribution in [3.05, 3.63) is 58.3 Å². The maximum Gasteiger partial charge on any atom is 0.307 e. The fourth-order valence-corrected chi connectivity index (χ4v) is 2.97. The molecule has 0 aliphatic carbocycles. The van der Waals surface area contributed by atoms with Crippen molar-refractivity contribution >= 4 is 23.2 Å². The van der Waals surface area contributed by atoms with Gasteiger partial charge in [0, 0.05) is 18.0 Å². The predicted molar refractivity (Wildman–Crippen MR) is 91.4 cm³/mol. The second kappa shape index (κ2) is 9.10. The van der Waals surface area contributed by atoms with E-state index in [4.69, 9.17) is 0 Å². The molecule has 0 atom stereocenters. The van der Waals surface area contributed by atoms with Crippen molar-refractivity contribution < 1.29 is 14.3 Å². The Hall–Kier alpha value is -2.14. The monoisotopic (exact) mass is 331 g/mol. The van der Waals surface area contributed by atoms with Gasteiger partial charge in [-0.05, 0) is 23.4 Å². The molecule has 0 bridgehead atoms. The number of methoxy groups -OCH3 is 1. The molecule has 0 radical (unpaired) electrons. The van der Waals surface area contributed by atoms with Crippen molar-refractivity contribution in [1.82, 2.24) is 4.90 Å². The second-order valence-corrected chi connectivity index (χ2v) is 6.23. The van der Waals surface area contributed by atoms with Crippen molar-refractivity contribution in [2.24, 2.45) is 0 Å². The van der Waals surface area contributed by atoms with Crippen molar-refractivity contribution in [2.45, 2.75) is 19.3 Å². The molecule has 0 saturated carbocycles. The fourth-order valence-electron chi connectivity index (χ4n) is 2.27. The largest absolute Gasteiger partial charge is 0.469 e. The van der Waals surface area contributed by atoms with E-state index in [2.05, 4.69) is 4.74 Å². The van der Waals surface area contributed by atoms with Crippen LogP contribution in [-0.4, -0.2) is 37.0 Å². The number of amides is 1. The Kier molecular flexibility index (Phi) is 6.81. The van der Waals surface area contributed by atoms with Crippen LogP contribution >= 0.6 is 11.3 Å². The van der Waals surface area contributed by atoms with Crippen molar-refractivity contribution in [3.8, 4) is 0 Å². The molecule has 23 heavy (non-hydrogen) atoms. The molecule has 0 aliphatic rings. The third-order valence-electron chi connectivity index (χ3n) is 3.59. The maximum atomic E-state index is 12.5. The van der Waals surface area contributed by atoms with Gasteiger partial charge in [-0.25, -0.2) is 0 Å². The van der Waals surface area contributed by atoms with Crippen LogP contribution < -0.4 is 0 Å². The predicted octanol–water partition coefficient (Wildman–Crippen LogP) is 2.93. The molecule has 1 amide bonds. The first-order valence-corrected chi connectivity index (χ1v) is 8.48. The number of rotatable bonds is 8.